The molecule has 0 amide bonds. The molecule has 0 aliphatic carbocycles. The molecule has 0 aliphatic rings. The van der Waals surface area contributed by atoms with Crippen LogP contribution in [0.2, 0.25) is 0 Å². The third-order valence-electron chi connectivity index (χ3n) is 4.12. The number of nitrogens with one attached hydrogen (secondary N) is 1. The lowest BCUT2D eigenvalue weighted by molar-refractivity contribution is 0.0477. The van der Waals surface area contributed by atoms with Crippen molar-refractivity contribution in [2.45, 2.75) is 57.4 Å². The number of benzene rings is 1. The van der Waals surface area contributed by atoms with Gasteiger partial charge in [0.2, 0.25) is 0 Å². The minimum Gasteiger partial charge on any atom is -0.390 e. The Labute approximate surface area is 149 Å². The summed E-state index contributed by atoms with van der Waals surface area (Å²) in [5.74, 6) is -1.29. The standard InChI is InChI=1S/C19H30F2N2O2/c1-4-6-18(13(3)25-7-5-2)23-12-19(24)17(22)10-14-8-15(20)11-16(21)9-14/h5,8-9,11,13,17-19,23-24H,2,4,6-7,10,12,22H2,1,3H3/t13-,17+,18?,19-/m1/s1. The fourth-order valence-electron chi connectivity index (χ4n) is 2.71. The van der Waals surface area contributed by atoms with Crippen molar-refractivity contribution in [1.82, 2.24) is 5.32 Å². The lowest BCUT2D eigenvalue weighted by Crippen LogP contribution is -2.48. The van der Waals surface area contributed by atoms with Gasteiger partial charge in [0, 0.05) is 24.7 Å². The highest BCUT2D eigenvalue weighted by Crippen LogP contribution is 2.11. The van der Waals surface area contributed by atoms with Gasteiger partial charge in [-0.25, -0.2) is 8.78 Å². The molecule has 0 saturated carbocycles. The molecule has 0 radical (unpaired) electrons. The van der Waals surface area contributed by atoms with Gasteiger partial charge >= 0.3 is 0 Å². The zero-order chi connectivity index (χ0) is 18.8. The van der Waals surface area contributed by atoms with Crippen molar-refractivity contribution in [2.24, 2.45) is 5.73 Å². The van der Waals surface area contributed by atoms with Gasteiger partial charge in [0.15, 0.2) is 0 Å². The fraction of sp³-hybridized carbons (Fsp3) is 0.579. The molecule has 4 N–H and O–H groups in total. The molecule has 0 fully saturated rings. The van der Waals surface area contributed by atoms with Gasteiger partial charge in [-0.3, -0.25) is 0 Å². The Morgan fingerprint density at radius 2 is 1.96 bits per heavy atom. The predicted molar refractivity (Wildman–Crippen MR) is 96.4 cm³/mol. The van der Waals surface area contributed by atoms with Crippen LogP contribution >= 0.6 is 0 Å². The number of hydrogen-bond donors (Lipinski definition) is 3. The van der Waals surface area contributed by atoms with Gasteiger partial charge in [-0.2, -0.15) is 0 Å². The average Bonchev–Trinajstić information content (AvgIpc) is 2.55. The van der Waals surface area contributed by atoms with Crippen molar-refractivity contribution < 1.29 is 18.6 Å². The van der Waals surface area contributed by atoms with Gasteiger partial charge in [-0.05, 0) is 37.5 Å². The minimum atomic E-state index is -0.836. The van der Waals surface area contributed by atoms with E-state index in [2.05, 4.69) is 18.8 Å². The third kappa shape index (κ3) is 8.05. The molecule has 142 valence electrons. The molecular formula is C19H30F2N2O2. The van der Waals surface area contributed by atoms with Crippen molar-refractivity contribution in [1.29, 1.82) is 0 Å². The van der Waals surface area contributed by atoms with Crippen LogP contribution < -0.4 is 11.1 Å². The highest BCUT2D eigenvalue weighted by molar-refractivity contribution is 5.19. The second-order valence-electron chi connectivity index (χ2n) is 6.34. The van der Waals surface area contributed by atoms with E-state index in [-0.39, 0.29) is 25.1 Å². The van der Waals surface area contributed by atoms with Crippen LogP contribution in [0.15, 0.2) is 30.9 Å². The number of aliphatic hydroxyl groups excluding tert-OH is 1. The Morgan fingerprint density at radius 3 is 2.52 bits per heavy atom. The maximum atomic E-state index is 13.2. The molecule has 1 aromatic rings. The quantitative estimate of drug-likeness (QED) is 0.504. The number of ether oxygens (including phenoxy) is 1. The largest absolute Gasteiger partial charge is 0.390 e. The Hall–Kier alpha value is -1.34. The molecule has 4 nitrogen and oxygen atoms in total. The third-order valence-corrected chi connectivity index (χ3v) is 4.12. The molecule has 1 unspecified atom stereocenters. The molecule has 6 heteroatoms. The van der Waals surface area contributed by atoms with Crippen molar-refractivity contribution in [2.75, 3.05) is 13.2 Å². The molecule has 0 heterocycles. The van der Waals surface area contributed by atoms with Crippen molar-refractivity contribution in [3.05, 3.63) is 48.1 Å². The summed E-state index contributed by atoms with van der Waals surface area (Å²) in [6.45, 7) is 8.43. The highest BCUT2D eigenvalue weighted by atomic mass is 19.1. The van der Waals surface area contributed by atoms with Gasteiger partial charge in [0.25, 0.3) is 0 Å². The number of rotatable bonds is 12. The SMILES string of the molecule is C=CCO[C@H](C)C(CCC)NC[C@@H](O)[C@@H](N)Cc1cc(F)cc(F)c1. The van der Waals surface area contributed by atoms with Gasteiger partial charge in [0.05, 0.1) is 18.8 Å². The lowest BCUT2D eigenvalue weighted by atomic mass is 10.0. The summed E-state index contributed by atoms with van der Waals surface area (Å²) in [5.41, 5.74) is 6.41. The molecule has 1 aromatic carbocycles. The number of nitrogens with two attached hydrogens (primary N) is 1. The molecule has 0 aromatic heterocycles. The topological polar surface area (TPSA) is 67.5 Å². The first-order valence-electron chi connectivity index (χ1n) is 8.71. The first-order valence-corrected chi connectivity index (χ1v) is 8.71. The van der Waals surface area contributed by atoms with E-state index < -0.39 is 23.8 Å². The van der Waals surface area contributed by atoms with E-state index in [0.717, 1.165) is 18.9 Å². The molecular weight excluding hydrogens is 326 g/mol. The Bertz CT molecular complexity index is 508. The lowest BCUT2D eigenvalue weighted by Gasteiger charge is -2.27. The smallest absolute Gasteiger partial charge is 0.126 e. The molecule has 25 heavy (non-hydrogen) atoms. The fourth-order valence-corrected chi connectivity index (χ4v) is 2.71. The maximum Gasteiger partial charge on any atom is 0.126 e. The van der Waals surface area contributed by atoms with Gasteiger partial charge in [-0.1, -0.05) is 19.4 Å². The second kappa shape index (κ2) is 11.3. The first-order chi connectivity index (χ1) is 11.9. The minimum absolute atomic E-state index is 0.0290. The molecule has 0 saturated heterocycles. The molecule has 0 bridgehead atoms. The van der Waals surface area contributed by atoms with Crippen LogP contribution in [0.1, 0.15) is 32.3 Å². The van der Waals surface area contributed by atoms with E-state index >= 15 is 0 Å². The number of aliphatic hydroxyl groups is 1. The summed E-state index contributed by atoms with van der Waals surface area (Å²) in [7, 11) is 0. The van der Waals surface area contributed by atoms with Crippen LogP contribution in [0.25, 0.3) is 0 Å². The summed E-state index contributed by atoms with van der Waals surface area (Å²) in [6.07, 6.45) is 2.90. The highest BCUT2D eigenvalue weighted by Gasteiger charge is 2.21. The van der Waals surface area contributed by atoms with E-state index in [1.807, 2.05) is 6.92 Å². The molecule has 0 aliphatic heterocycles. The van der Waals surface area contributed by atoms with Crippen LogP contribution in [-0.2, 0) is 11.2 Å². The van der Waals surface area contributed by atoms with Gasteiger partial charge in [0.1, 0.15) is 11.6 Å². The predicted octanol–water partition coefficient (Wildman–Crippen LogP) is 2.54. The normalized spacial score (nSPS) is 16.2. The maximum absolute atomic E-state index is 13.2. The van der Waals surface area contributed by atoms with E-state index in [9.17, 15) is 13.9 Å². The number of hydrogen-bond acceptors (Lipinski definition) is 4. The molecule has 1 rings (SSSR count). The number of halogens is 2. The van der Waals surface area contributed by atoms with Crippen molar-refractivity contribution in [3.63, 3.8) is 0 Å². The average molecular weight is 356 g/mol. The summed E-state index contributed by atoms with van der Waals surface area (Å²) in [6, 6.07) is 2.73. The van der Waals surface area contributed by atoms with Crippen LogP contribution in [0.3, 0.4) is 0 Å². The van der Waals surface area contributed by atoms with Crippen LogP contribution in [-0.4, -0.2) is 42.5 Å². The van der Waals surface area contributed by atoms with Gasteiger partial charge < -0.3 is 20.9 Å². The zero-order valence-corrected chi connectivity index (χ0v) is 15.1. The second-order valence-corrected chi connectivity index (χ2v) is 6.34. The summed E-state index contributed by atoms with van der Waals surface area (Å²) < 4.78 is 32.1. The summed E-state index contributed by atoms with van der Waals surface area (Å²) in [5, 5.41) is 13.5. The van der Waals surface area contributed by atoms with Crippen LogP contribution in [0.5, 0.6) is 0 Å². The summed E-state index contributed by atoms with van der Waals surface area (Å²) >= 11 is 0. The van der Waals surface area contributed by atoms with E-state index in [1.165, 1.54) is 12.1 Å². The van der Waals surface area contributed by atoms with E-state index in [0.29, 0.717) is 12.2 Å². The first kappa shape index (κ1) is 21.7. The van der Waals surface area contributed by atoms with E-state index in [1.54, 1.807) is 6.08 Å². The van der Waals surface area contributed by atoms with Crippen molar-refractivity contribution in [3.8, 4) is 0 Å². The Morgan fingerprint density at radius 1 is 1.32 bits per heavy atom. The summed E-state index contributed by atoms with van der Waals surface area (Å²) in [4.78, 5) is 0. The van der Waals surface area contributed by atoms with E-state index in [4.69, 9.17) is 10.5 Å². The monoisotopic (exact) mass is 356 g/mol. The van der Waals surface area contributed by atoms with Crippen LogP contribution in [0, 0.1) is 11.6 Å². The molecule has 0 spiro atoms. The van der Waals surface area contributed by atoms with Gasteiger partial charge in [-0.15, -0.1) is 6.58 Å². The zero-order valence-electron chi connectivity index (χ0n) is 15.1. The Kier molecular flexibility index (Phi) is 9.82. The Balaban J connectivity index is 2.54. The molecule has 4 atom stereocenters. The van der Waals surface area contributed by atoms with Crippen molar-refractivity contribution >= 4 is 0 Å². The van der Waals surface area contributed by atoms with Crippen LogP contribution in [0.4, 0.5) is 8.78 Å².